The zero-order chi connectivity index (χ0) is 35.3. The predicted octanol–water partition coefficient (Wildman–Crippen LogP) is 3.65. The summed E-state index contributed by atoms with van der Waals surface area (Å²) in [6, 6.07) is 17.8. The van der Waals surface area contributed by atoms with Gasteiger partial charge in [0, 0.05) is 168 Å². The van der Waals surface area contributed by atoms with Gasteiger partial charge in [0.1, 0.15) is 0 Å². The van der Waals surface area contributed by atoms with Crippen molar-refractivity contribution in [3.63, 3.8) is 0 Å². The summed E-state index contributed by atoms with van der Waals surface area (Å²) in [7, 11) is 8.51. The van der Waals surface area contributed by atoms with Gasteiger partial charge in [-0.05, 0) is 48.5 Å². The molecular formula is C44H44N8. The first-order valence-electron chi connectivity index (χ1n) is 18.0. The monoisotopic (exact) mass is 684 g/mol. The molecule has 0 saturated carbocycles. The lowest BCUT2D eigenvalue weighted by molar-refractivity contribution is 0.502. The van der Waals surface area contributed by atoms with Crippen LogP contribution in [-0.2, 0) is 0 Å². The highest BCUT2D eigenvalue weighted by Crippen LogP contribution is 2.30. The van der Waals surface area contributed by atoms with E-state index in [1.807, 2.05) is 0 Å². The lowest BCUT2D eigenvalue weighted by Crippen LogP contribution is -2.22. The van der Waals surface area contributed by atoms with Gasteiger partial charge in [-0.3, -0.25) is 0 Å². The summed E-state index contributed by atoms with van der Waals surface area (Å²) < 4.78 is 0. The summed E-state index contributed by atoms with van der Waals surface area (Å²) >= 11 is 0. The maximum absolute atomic E-state index is 3.90. The summed E-state index contributed by atoms with van der Waals surface area (Å²) in [5.41, 5.74) is 13.3. The maximum Gasteiger partial charge on any atom is 0.0486 e. The van der Waals surface area contributed by atoms with Gasteiger partial charge in [-0.1, -0.05) is 48.6 Å². The lowest BCUT2D eigenvalue weighted by atomic mass is 10.0. The molecule has 0 amide bonds. The van der Waals surface area contributed by atoms with Crippen molar-refractivity contribution in [2.24, 2.45) is 0 Å². The fourth-order valence-corrected chi connectivity index (χ4v) is 7.88. The van der Waals surface area contributed by atoms with E-state index in [0.29, 0.717) is 0 Å². The Labute approximate surface area is 303 Å². The summed E-state index contributed by atoms with van der Waals surface area (Å²) in [6.07, 6.45) is 26.8. The molecule has 52 heavy (non-hydrogen) atoms. The molecule has 0 atom stereocenters. The topological polar surface area (TPSA) is 76.1 Å². The molecule has 8 bridgehead atoms. The van der Waals surface area contributed by atoms with Crippen LogP contribution >= 0.6 is 0 Å². The highest BCUT2D eigenvalue weighted by atomic mass is 15.1. The zero-order valence-corrected chi connectivity index (χ0v) is 30.2. The van der Waals surface area contributed by atoms with Crippen LogP contribution in [-0.4, -0.2) is 93.9 Å². The van der Waals surface area contributed by atoms with E-state index >= 15 is 0 Å². The van der Waals surface area contributed by atoms with E-state index in [2.05, 4.69) is 190 Å². The molecule has 9 rings (SSSR count). The van der Waals surface area contributed by atoms with Crippen LogP contribution in [0.5, 0.6) is 0 Å². The third kappa shape index (κ3) is 5.76. The average molecular weight is 685 g/mol. The molecule has 4 N–H and O–H groups in total. The van der Waals surface area contributed by atoms with Gasteiger partial charge in [-0.2, -0.15) is 0 Å². The second-order valence-electron chi connectivity index (χ2n) is 14.3. The fourth-order valence-electron chi connectivity index (χ4n) is 7.88. The molecule has 0 radical (unpaired) electrons. The van der Waals surface area contributed by atoms with Gasteiger partial charge >= 0.3 is 0 Å². The summed E-state index contributed by atoms with van der Waals surface area (Å²) in [4.78, 5) is 24.5. The van der Waals surface area contributed by atoms with Gasteiger partial charge in [-0.15, -0.1) is 0 Å². The quantitative estimate of drug-likeness (QED) is 0.265. The first-order chi connectivity index (χ1) is 25.4. The Bertz CT molecular complexity index is 2240. The second kappa shape index (κ2) is 12.8. The Kier molecular flexibility index (Phi) is 7.80. The Morgan fingerprint density at radius 2 is 0.596 bits per heavy atom. The van der Waals surface area contributed by atoms with Crippen LogP contribution in [0.4, 0.5) is 0 Å². The lowest BCUT2D eigenvalue weighted by Gasteiger charge is -2.20. The number of rotatable bonds is 4. The van der Waals surface area contributed by atoms with Gasteiger partial charge in [0.25, 0.3) is 0 Å². The Hall–Kier alpha value is -6.28. The molecule has 5 aliphatic rings. The molecule has 4 aromatic rings. The van der Waals surface area contributed by atoms with Gasteiger partial charge < -0.3 is 39.5 Å². The number of H-pyrrole nitrogens is 4. The average Bonchev–Trinajstić information content (AvgIpc) is 3.96. The van der Waals surface area contributed by atoms with E-state index in [1.165, 1.54) is 0 Å². The van der Waals surface area contributed by atoms with Crippen molar-refractivity contribution < 1.29 is 0 Å². The van der Waals surface area contributed by atoms with Gasteiger partial charge in [0.2, 0.25) is 0 Å². The summed E-state index contributed by atoms with van der Waals surface area (Å²) in [5.74, 6) is 0. The number of aromatic nitrogens is 4. The Morgan fingerprint density at radius 3 is 0.827 bits per heavy atom. The van der Waals surface area contributed by atoms with Crippen LogP contribution < -0.4 is 21.4 Å². The largest absolute Gasteiger partial charge is 0.376 e. The zero-order valence-electron chi connectivity index (χ0n) is 30.2. The van der Waals surface area contributed by atoms with Crippen LogP contribution in [0, 0.1) is 0 Å². The van der Waals surface area contributed by atoms with Crippen molar-refractivity contribution in [2.45, 2.75) is 0 Å². The van der Waals surface area contributed by atoms with Crippen molar-refractivity contribution in [3.05, 3.63) is 188 Å². The molecule has 4 aromatic heterocycles. The van der Waals surface area contributed by atoms with E-state index in [-0.39, 0.29) is 0 Å². The molecule has 8 heteroatoms. The highest BCUT2D eigenvalue weighted by molar-refractivity contribution is 5.86. The number of hydrogen-bond acceptors (Lipinski definition) is 4. The van der Waals surface area contributed by atoms with Gasteiger partial charge in [0.05, 0.1) is 0 Å². The normalized spacial score (nSPS) is 18.7. The first-order valence-corrected chi connectivity index (χ1v) is 18.0. The van der Waals surface area contributed by atoms with E-state index in [9.17, 15) is 0 Å². The number of allylic oxidation sites excluding steroid dienone is 8. The van der Waals surface area contributed by atoms with Crippen LogP contribution in [0.25, 0.3) is 22.3 Å². The number of nitrogens with zero attached hydrogens (tertiary/aromatic N) is 4. The van der Waals surface area contributed by atoms with Crippen molar-refractivity contribution in [1.29, 1.82) is 0 Å². The van der Waals surface area contributed by atoms with Gasteiger partial charge in [0.15, 0.2) is 0 Å². The number of aromatic amines is 4. The summed E-state index contributed by atoms with van der Waals surface area (Å²) in [5, 5.41) is 4.20. The molecule has 0 aliphatic carbocycles. The predicted molar refractivity (Wildman–Crippen MR) is 211 cm³/mol. The molecule has 8 nitrogen and oxygen atoms in total. The van der Waals surface area contributed by atoms with E-state index in [1.54, 1.807) is 0 Å². The summed E-state index contributed by atoms with van der Waals surface area (Å²) in [6.45, 7) is 3.53. The minimum absolute atomic E-state index is 0.882. The standard InChI is InChI=1S/C44H44N8/c1-49-21-5-9-29(25-49)41-33-13-15-35(45-33)42(30-10-6-22-50(2)26-30)37-17-19-39(47-37)44(32-12-8-24-52(4)28-32)40-20-18-38(48-40)43(36-16-14-34(41)46-36)31-11-7-23-51(3)27-31/h5-20,25-28,45-48H,21-24H2,1-4H3. The van der Waals surface area contributed by atoms with Crippen molar-refractivity contribution >= 4 is 22.3 Å². The molecular weight excluding hydrogens is 641 g/mol. The molecule has 260 valence electrons. The molecule has 0 aromatic carbocycles. The van der Waals surface area contributed by atoms with Gasteiger partial charge in [-0.25, -0.2) is 0 Å². The first kappa shape index (κ1) is 31.7. The molecule has 5 aliphatic heterocycles. The van der Waals surface area contributed by atoms with Crippen molar-refractivity contribution in [3.8, 4) is 0 Å². The van der Waals surface area contributed by atoms with Crippen LogP contribution in [0.3, 0.4) is 0 Å². The minimum atomic E-state index is 0.882. The number of likely N-dealkylation sites (N-methyl/N-ethyl adjacent to an activating group) is 4. The van der Waals surface area contributed by atoms with E-state index in [0.717, 1.165) is 115 Å². The number of hydrogen-bond donors (Lipinski definition) is 4. The third-order valence-corrected chi connectivity index (χ3v) is 10.3. The maximum atomic E-state index is 3.90. The Balaban J connectivity index is 1.41. The fraction of sp³-hybridized carbons (Fsp3) is 0.182. The number of nitrogens with one attached hydrogen (secondary N) is 4. The minimum Gasteiger partial charge on any atom is -0.376 e. The molecule has 0 fully saturated rings. The molecule has 0 spiro atoms. The number of fused-ring (bicyclic) bond motifs is 8. The van der Waals surface area contributed by atoms with Crippen LogP contribution in [0.1, 0.15) is 22.8 Å². The van der Waals surface area contributed by atoms with E-state index in [4.69, 9.17) is 0 Å². The van der Waals surface area contributed by atoms with E-state index < -0.39 is 0 Å². The SMILES string of the molecule is CN1C=C(C2=c3ccc([nH]3)=C(C3=CN(C)CC=C3)c3ccc([nH]3)C(C3=CN(C)CC=C3)=c3ccc([nH]3)=C(C3=CN(C)CC=C3)c3ccc2[nH]3)C=CC1. The second-order valence-corrected chi connectivity index (χ2v) is 14.3. The molecule has 9 heterocycles. The van der Waals surface area contributed by atoms with Crippen LogP contribution in [0.2, 0.25) is 0 Å². The molecule has 0 saturated heterocycles. The highest BCUT2D eigenvalue weighted by Gasteiger charge is 2.21. The third-order valence-electron chi connectivity index (χ3n) is 10.3. The smallest absolute Gasteiger partial charge is 0.0486 e. The van der Waals surface area contributed by atoms with Crippen molar-refractivity contribution in [2.75, 3.05) is 54.4 Å². The van der Waals surface area contributed by atoms with Crippen LogP contribution in [0.15, 0.2) is 144 Å². The van der Waals surface area contributed by atoms with Crippen molar-refractivity contribution in [1.82, 2.24) is 39.5 Å². The Morgan fingerprint density at radius 1 is 0.346 bits per heavy atom. The molecule has 0 unspecified atom stereocenters.